The molecule has 6 heteroatoms. The zero-order chi connectivity index (χ0) is 11.4. The Bertz CT molecular complexity index is 359. The van der Waals surface area contributed by atoms with Crippen LogP contribution in [0.15, 0.2) is 28.7 Å². The number of carboxylic acids is 2. The molecule has 0 unspecified atom stereocenters. The van der Waals surface area contributed by atoms with E-state index in [1.807, 2.05) is 0 Å². The summed E-state index contributed by atoms with van der Waals surface area (Å²) in [6.07, 6.45) is -2.11. The van der Waals surface area contributed by atoms with Crippen LogP contribution in [-0.2, 0) is 9.59 Å². The summed E-state index contributed by atoms with van der Waals surface area (Å²) in [6.45, 7) is 0. The van der Waals surface area contributed by atoms with Gasteiger partial charge in [0.05, 0.1) is 11.9 Å². The minimum absolute atomic E-state index is 0.108. The van der Waals surface area contributed by atoms with Gasteiger partial charge in [0, 0.05) is 4.47 Å². The number of halogens is 1. The summed E-state index contributed by atoms with van der Waals surface area (Å²) in [5, 5.41) is 20.7. The number of carboxylic acid groups (broad SMARTS) is 2. The fourth-order valence-corrected chi connectivity index (χ4v) is 1.11. The summed E-state index contributed by atoms with van der Waals surface area (Å²) in [6, 6.07) is 6.00. The monoisotopic (exact) mass is 272 g/mol. The molecule has 0 amide bonds. The van der Waals surface area contributed by atoms with Crippen LogP contribution in [0.4, 0.5) is 0 Å². The van der Waals surface area contributed by atoms with Crippen molar-refractivity contribution < 1.29 is 24.5 Å². The number of carbonyl (C=O) groups is 2. The number of hydrogen-bond donors (Lipinski definition) is 0. The molecule has 0 bridgehead atoms. The van der Waals surface area contributed by atoms with Crippen LogP contribution in [0.2, 0.25) is 0 Å². The SMILES string of the molecule is O=C([O-])C(Oc1ccc(Br)cc1)C(=O)[O-]. The second kappa shape index (κ2) is 4.79. The maximum Gasteiger partial charge on any atom is 0.177 e. The first-order chi connectivity index (χ1) is 7.00. The number of aliphatic carboxylic acids is 2. The van der Waals surface area contributed by atoms with E-state index in [1.54, 1.807) is 12.1 Å². The molecule has 0 radical (unpaired) electrons. The molecule has 0 saturated heterocycles. The van der Waals surface area contributed by atoms with Crippen molar-refractivity contribution in [3.63, 3.8) is 0 Å². The van der Waals surface area contributed by atoms with E-state index in [9.17, 15) is 19.8 Å². The van der Waals surface area contributed by atoms with Crippen molar-refractivity contribution >= 4 is 27.9 Å². The van der Waals surface area contributed by atoms with Gasteiger partial charge in [-0.25, -0.2) is 0 Å². The third-order valence-electron chi connectivity index (χ3n) is 1.50. The molecular formula is C9H5BrO5-2. The molecule has 0 aliphatic rings. The van der Waals surface area contributed by atoms with E-state index in [0.29, 0.717) is 0 Å². The molecule has 80 valence electrons. The van der Waals surface area contributed by atoms with Gasteiger partial charge in [0.25, 0.3) is 0 Å². The maximum atomic E-state index is 10.3. The fourth-order valence-electron chi connectivity index (χ4n) is 0.842. The quantitative estimate of drug-likeness (QED) is 0.636. The Morgan fingerprint density at radius 1 is 1.13 bits per heavy atom. The highest BCUT2D eigenvalue weighted by Gasteiger charge is 2.12. The van der Waals surface area contributed by atoms with Crippen molar-refractivity contribution in [2.24, 2.45) is 0 Å². The van der Waals surface area contributed by atoms with Crippen molar-refractivity contribution in [2.75, 3.05) is 0 Å². The van der Waals surface area contributed by atoms with Crippen LogP contribution in [0.5, 0.6) is 5.75 Å². The largest absolute Gasteiger partial charge is 0.546 e. The topological polar surface area (TPSA) is 89.5 Å². The number of hydrogen-bond acceptors (Lipinski definition) is 5. The highest BCUT2D eigenvalue weighted by molar-refractivity contribution is 9.10. The van der Waals surface area contributed by atoms with E-state index in [1.165, 1.54) is 12.1 Å². The molecule has 1 aromatic rings. The molecule has 0 fully saturated rings. The smallest absolute Gasteiger partial charge is 0.177 e. The molecule has 0 N–H and O–H groups in total. The van der Waals surface area contributed by atoms with Gasteiger partial charge >= 0.3 is 0 Å². The van der Waals surface area contributed by atoms with E-state index >= 15 is 0 Å². The van der Waals surface area contributed by atoms with Crippen LogP contribution in [0.25, 0.3) is 0 Å². The average molecular weight is 273 g/mol. The van der Waals surface area contributed by atoms with Gasteiger partial charge in [0.1, 0.15) is 5.75 Å². The average Bonchev–Trinajstić information content (AvgIpc) is 2.15. The molecular weight excluding hydrogens is 268 g/mol. The molecule has 0 heterocycles. The van der Waals surface area contributed by atoms with Crippen LogP contribution in [-0.4, -0.2) is 18.0 Å². The number of benzene rings is 1. The van der Waals surface area contributed by atoms with Gasteiger partial charge in [-0.1, -0.05) is 15.9 Å². The molecule has 0 aromatic heterocycles. The Hall–Kier alpha value is -1.56. The lowest BCUT2D eigenvalue weighted by atomic mass is 10.3. The van der Waals surface area contributed by atoms with Crippen molar-refractivity contribution in [2.45, 2.75) is 6.10 Å². The molecule has 0 aliphatic heterocycles. The Kier molecular flexibility index (Phi) is 3.68. The summed E-state index contributed by atoms with van der Waals surface area (Å²) in [4.78, 5) is 20.7. The Morgan fingerprint density at radius 3 is 2.00 bits per heavy atom. The zero-order valence-electron chi connectivity index (χ0n) is 7.31. The molecule has 0 atom stereocenters. The zero-order valence-corrected chi connectivity index (χ0v) is 8.89. The number of ether oxygens (including phenoxy) is 1. The van der Waals surface area contributed by atoms with Gasteiger partial charge in [-0.2, -0.15) is 0 Å². The Morgan fingerprint density at radius 2 is 1.60 bits per heavy atom. The lowest BCUT2D eigenvalue weighted by Gasteiger charge is -2.20. The van der Waals surface area contributed by atoms with Crippen LogP contribution in [0.1, 0.15) is 0 Å². The Balaban J connectivity index is 2.79. The van der Waals surface area contributed by atoms with E-state index in [4.69, 9.17) is 0 Å². The Labute approximate surface area is 93.4 Å². The standard InChI is InChI=1S/C9H7BrO5/c10-5-1-3-6(4-2-5)15-7(8(11)12)9(13)14/h1-4,7H,(H,11,12)(H,13,14)/p-2. The van der Waals surface area contributed by atoms with Crippen molar-refractivity contribution in [3.8, 4) is 5.75 Å². The van der Waals surface area contributed by atoms with Crippen LogP contribution < -0.4 is 14.9 Å². The van der Waals surface area contributed by atoms with Gasteiger partial charge < -0.3 is 24.5 Å². The van der Waals surface area contributed by atoms with Crippen molar-refractivity contribution in [3.05, 3.63) is 28.7 Å². The van der Waals surface area contributed by atoms with Crippen LogP contribution >= 0.6 is 15.9 Å². The summed E-state index contributed by atoms with van der Waals surface area (Å²) >= 11 is 3.16. The molecule has 5 nitrogen and oxygen atoms in total. The molecule has 0 saturated carbocycles. The third-order valence-corrected chi connectivity index (χ3v) is 2.02. The first-order valence-corrected chi connectivity index (χ1v) is 4.64. The molecule has 15 heavy (non-hydrogen) atoms. The van der Waals surface area contributed by atoms with Crippen molar-refractivity contribution in [1.29, 1.82) is 0 Å². The van der Waals surface area contributed by atoms with Gasteiger partial charge in [0.2, 0.25) is 0 Å². The van der Waals surface area contributed by atoms with Gasteiger partial charge in [-0.05, 0) is 24.3 Å². The van der Waals surface area contributed by atoms with E-state index in [-0.39, 0.29) is 5.75 Å². The first-order valence-electron chi connectivity index (χ1n) is 3.84. The summed E-state index contributed by atoms with van der Waals surface area (Å²) < 4.78 is 5.41. The lowest BCUT2D eigenvalue weighted by molar-refractivity contribution is -0.334. The summed E-state index contributed by atoms with van der Waals surface area (Å²) in [7, 11) is 0. The normalized spacial score (nSPS) is 10.0. The minimum Gasteiger partial charge on any atom is -0.546 e. The molecule has 0 spiro atoms. The highest BCUT2D eigenvalue weighted by Crippen LogP contribution is 2.17. The van der Waals surface area contributed by atoms with Gasteiger partial charge in [-0.3, -0.25) is 0 Å². The summed E-state index contributed by atoms with van der Waals surface area (Å²) in [5.74, 6) is -3.59. The van der Waals surface area contributed by atoms with E-state index in [0.717, 1.165) is 4.47 Å². The molecule has 1 rings (SSSR count). The molecule has 0 aliphatic carbocycles. The molecule has 1 aromatic carbocycles. The fraction of sp³-hybridized carbons (Fsp3) is 0.111. The van der Waals surface area contributed by atoms with Gasteiger partial charge in [0.15, 0.2) is 6.10 Å². The van der Waals surface area contributed by atoms with Crippen molar-refractivity contribution in [1.82, 2.24) is 0 Å². The van der Waals surface area contributed by atoms with E-state index < -0.39 is 18.0 Å². The number of carbonyl (C=O) groups excluding carboxylic acids is 2. The number of rotatable bonds is 4. The second-order valence-corrected chi connectivity index (χ2v) is 3.51. The first kappa shape index (κ1) is 11.5. The summed E-state index contributed by atoms with van der Waals surface area (Å²) in [5.41, 5.74) is 0. The van der Waals surface area contributed by atoms with E-state index in [2.05, 4.69) is 20.7 Å². The predicted molar refractivity (Wildman–Crippen MR) is 48.6 cm³/mol. The second-order valence-electron chi connectivity index (χ2n) is 2.59. The van der Waals surface area contributed by atoms with Crippen LogP contribution in [0.3, 0.4) is 0 Å². The van der Waals surface area contributed by atoms with Crippen LogP contribution in [0, 0.1) is 0 Å². The lowest BCUT2D eigenvalue weighted by Crippen LogP contribution is -2.51. The minimum atomic E-state index is -2.11. The highest BCUT2D eigenvalue weighted by atomic mass is 79.9. The van der Waals surface area contributed by atoms with Gasteiger partial charge in [-0.15, -0.1) is 0 Å². The maximum absolute atomic E-state index is 10.3. The predicted octanol–water partition coefficient (Wildman–Crippen LogP) is -1.30. The third kappa shape index (κ3) is 3.25.